The molecule has 0 fully saturated rings. The van der Waals surface area contributed by atoms with Crippen LogP contribution >= 0.6 is 34.5 Å². The van der Waals surface area contributed by atoms with Crippen molar-refractivity contribution in [1.29, 1.82) is 0 Å². The molecule has 2 rings (SSSR count). The largest absolute Gasteiger partial charge is 0.270 e. The first-order valence-corrected chi connectivity index (χ1v) is 7.53. The van der Waals surface area contributed by atoms with E-state index in [4.69, 9.17) is 29.0 Å². The molecule has 2 heterocycles. The molecule has 3 N–H and O–H groups in total. The highest BCUT2D eigenvalue weighted by Gasteiger charge is 2.26. The molecule has 0 aliphatic carbocycles. The van der Waals surface area contributed by atoms with E-state index in [2.05, 4.69) is 10.5 Å². The van der Waals surface area contributed by atoms with Gasteiger partial charge in [-0.15, -0.1) is 11.3 Å². The molecule has 0 saturated heterocycles. The number of rotatable bonds is 4. The minimum atomic E-state index is -0.261. The molecular formula is C12H16Cl2N4S. The zero-order chi connectivity index (χ0) is 14.2. The number of nitrogens with zero attached hydrogens (tertiary/aromatic N) is 2. The molecule has 19 heavy (non-hydrogen) atoms. The number of hydrogen-bond acceptors (Lipinski definition) is 4. The Hall–Kier alpha value is -0.590. The summed E-state index contributed by atoms with van der Waals surface area (Å²) in [4.78, 5) is 0.950. The van der Waals surface area contributed by atoms with Crippen molar-refractivity contribution < 1.29 is 0 Å². The lowest BCUT2D eigenvalue weighted by Crippen LogP contribution is -2.31. The first-order valence-electron chi connectivity index (χ1n) is 5.89. The molecule has 0 aliphatic heterocycles. The van der Waals surface area contributed by atoms with Gasteiger partial charge in [-0.1, -0.05) is 23.2 Å². The molecule has 1 unspecified atom stereocenters. The molecule has 4 nitrogen and oxygen atoms in total. The first-order chi connectivity index (χ1) is 8.97. The number of aryl methyl sites for hydroxylation is 1. The maximum absolute atomic E-state index is 6.33. The monoisotopic (exact) mass is 318 g/mol. The van der Waals surface area contributed by atoms with E-state index in [9.17, 15) is 0 Å². The summed E-state index contributed by atoms with van der Waals surface area (Å²) in [6.07, 6.45) is 1.63. The number of nitrogens with one attached hydrogen (secondary N) is 1. The lowest BCUT2D eigenvalue weighted by atomic mass is 10.1. The molecule has 0 radical (unpaired) electrons. The van der Waals surface area contributed by atoms with Crippen molar-refractivity contribution in [1.82, 2.24) is 15.2 Å². The number of hydrogen-bond donors (Lipinski definition) is 2. The Labute approximate surface area is 126 Å². The number of hydrazine groups is 1. The Morgan fingerprint density at radius 3 is 2.58 bits per heavy atom. The Kier molecular flexibility index (Phi) is 4.53. The summed E-state index contributed by atoms with van der Waals surface area (Å²) in [6.45, 7) is 6.06. The smallest absolute Gasteiger partial charge is 0.1000 e. The topological polar surface area (TPSA) is 55.9 Å². The molecule has 2 aromatic heterocycles. The zero-order valence-electron chi connectivity index (χ0n) is 10.9. The average molecular weight is 319 g/mol. The van der Waals surface area contributed by atoms with Crippen LogP contribution in [0, 0.1) is 6.92 Å². The normalized spacial score (nSPS) is 13.2. The van der Waals surface area contributed by atoms with Crippen LogP contribution < -0.4 is 11.3 Å². The van der Waals surface area contributed by atoms with Gasteiger partial charge >= 0.3 is 0 Å². The Bertz CT molecular complexity index is 576. The second-order valence-electron chi connectivity index (χ2n) is 4.61. The van der Waals surface area contributed by atoms with Crippen LogP contribution in [0.2, 0.25) is 10.0 Å². The van der Waals surface area contributed by atoms with Gasteiger partial charge in [0.2, 0.25) is 0 Å². The van der Waals surface area contributed by atoms with E-state index in [1.54, 1.807) is 17.5 Å². The molecule has 1 atom stereocenters. The van der Waals surface area contributed by atoms with E-state index in [1.165, 1.54) is 0 Å². The van der Waals surface area contributed by atoms with Gasteiger partial charge in [-0.3, -0.25) is 10.5 Å². The number of halogens is 2. The van der Waals surface area contributed by atoms with Crippen molar-refractivity contribution in [3.8, 4) is 0 Å². The van der Waals surface area contributed by atoms with Gasteiger partial charge in [-0.05, 0) is 31.7 Å². The molecule has 2 aromatic rings. The second kappa shape index (κ2) is 5.81. The van der Waals surface area contributed by atoms with Crippen LogP contribution in [0.3, 0.4) is 0 Å². The van der Waals surface area contributed by atoms with Crippen LogP contribution in [0.5, 0.6) is 0 Å². The summed E-state index contributed by atoms with van der Waals surface area (Å²) < 4.78 is 1.86. The summed E-state index contributed by atoms with van der Waals surface area (Å²) in [5, 5.41) is 7.61. The van der Waals surface area contributed by atoms with Crippen molar-refractivity contribution in [2.75, 3.05) is 0 Å². The quantitative estimate of drug-likeness (QED) is 0.667. The summed E-state index contributed by atoms with van der Waals surface area (Å²) in [7, 11) is 0. The van der Waals surface area contributed by atoms with E-state index in [0.717, 1.165) is 21.2 Å². The fourth-order valence-corrected chi connectivity index (χ4v) is 3.56. The van der Waals surface area contributed by atoms with E-state index in [-0.39, 0.29) is 12.1 Å². The van der Waals surface area contributed by atoms with E-state index in [1.807, 2.05) is 30.8 Å². The summed E-state index contributed by atoms with van der Waals surface area (Å²) >= 11 is 14.1. The fraction of sp³-hybridized carbons (Fsp3) is 0.417. The highest BCUT2D eigenvalue weighted by atomic mass is 35.5. The molecule has 0 spiro atoms. The lowest BCUT2D eigenvalue weighted by Gasteiger charge is -2.19. The number of thiophene rings is 1. The SMILES string of the molecule is Cc1csc(C(NN)c2c(Cl)cnn2C(C)C)c1Cl. The van der Waals surface area contributed by atoms with Gasteiger partial charge in [0.25, 0.3) is 0 Å². The van der Waals surface area contributed by atoms with Gasteiger partial charge in [-0.2, -0.15) is 5.10 Å². The standard InChI is InChI=1S/C12H16Cl2N4S/c1-6(2)18-11(8(13)4-16-18)10(17-15)12-9(14)7(3)5-19-12/h4-6,10,17H,15H2,1-3H3. The number of aromatic nitrogens is 2. The van der Waals surface area contributed by atoms with Gasteiger partial charge < -0.3 is 0 Å². The minimum absolute atomic E-state index is 0.193. The highest BCUT2D eigenvalue weighted by Crippen LogP contribution is 2.38. The van der Waals surface area contributed by atoms with Crippen LogP contribution in [0.15, 0.2) is 11.6 Å². The summed E-state index contributed by atoms with van der Waals surface area (Å²) in [5.74, 6) is 5.71. The van der Waals surface area contributed by atoms with Crippen molar-refractivity contribution in [3.63, 3.8) is 0 Å². The maximum atomic E-state index is 6.33. The van der Waals surface area contributed by atoms with E-state index >= 15 is 0 Å². The van der Waals surface area contributed by atoms with Crippen LogP contribution in [0.1, 0.15) is 42.1 Å². The molecule has 0 aromatic carbocycles. The third kappa shape index (κ3) is 2.66. The second-order valence-corrected chi connectivity index (χ2v) is 6.31. The highest BCUT2D eigenvalue weighted by molar-refractivity contribution is 7.10. The van der Waals surface area contributed by atoms with Gasteiger partial charge in [0.05, 0.1) is 28.0 Å². The fourth-order valence-electron chi connectivity index (χ4n) is 1.96. The van der Waals surface area contributed by atoms with Gasteiger partial charge in [-0.25, -0.2) is 5.43 Å². The van der Waals surface area contributed by atoms with E-state index < -0.39 is 0 Å². The van der Waals surface area contributed by atoms with Crippen molar-refractivity contribution in [2.24, 2.45) is 5.84 Å². The van der Waals surface area contributed by atoms with Crippen LogP contribution in [-0.4, -0.2) is 9.78 Å². The molecule has 0 aliphatic rings. The molecule has 104 valence electrons. The van der Waals surface area contributed by atoms with Crippen molar-refractivity contribution in [2.45, 2.75) is 32.9 Å². The Balaban J connectivity index is 2.54. The predicted octanol–water partition coefficient (Wildman–Crippen LogP) is 3.69. The Morgan fingerprint density at radius 1 is 1.42 bits per heavy atom. The van der Waals surface area contributed by atoms with Gasteiger partial charge in [0.15, 0.2) is 0 Å². The van der Waals surface area contributed by atoms with Crippen LogP contribution in [-0.2, 0) is 0 Å². The minimum Gasteiger partial charge on any atom is -0.270 e. The molecule has 0 bridgehead atoms. The predicted molar refractivity (Wildman–Crippen MR) is 80.9 cm³/mol. The summed E-state index contributed by atoms with van der Waals surface area (Å²) in [6, 6.07) is -0.0678. The zero-order valence-corrected chi connectivity index (χ0v) is 13.3. The maximum Gasteiger partial charge on any atom is 0.1000 e. The lowest BCUT2D eigenvalue weighted by molar-refractivity contribution is 0.478. The molecule has 7 heteroatoms. The van der Waals surface area contributed by atoms with Crippen LogP contribution in [0.25, 0.3) is 0 Å². The van der Waals surface area contributed by atoms with Crippen molar-refractivity contribution in [3.05, 3.63) is 37.8 Å². The van der Waals surface area contributed by atoms with Gasteiger partial charge in [0, 0.05) is 10.9 Å². The first kappa shape index (κ1) is 14.8. The molecular weight excluding hydrogens is 303 g/mol. The van der Waals surface area contributed by atoms with E-state index in [0.29, 0.717) is 5.02 Å². The van der Waals surface area contributed by atoms with Gasteiger partial charge in [0.1, 0.15) is 0 Å². The van der Waals surface area contributed by atoms with Crippen molar-refractivity contribution >= 4 is 34.5 Å². The molecule has 0 amide bonds. The number of nitrogens with two attached hydrogens (primary N) is 1. The third-order valence-electron chi connectivity index (χ3n) is 2.90. The van der Waals surface area contributed by atoms with Crippen LogP contribution in [0.4, 0.5) is 0 Å². The summed E-state index contributed by atoms with van der Waals surface area (Å²) in [5.41, 5.74) is 4.66. The Morgan fingerprint density at radius 2 is 2.11 bits per heavy atom. The molecule has 0 saturated carbocycles. The third-order valence-corrected chi connectivity index (χ3v) is 4.97. The average Bonchev–Trinajstić information content (AvgIpc) is 2.89.